The van der Waals surface area contributed by atoms with Gasteiger partial charge in [-0.2, -0.15) is 4.98 Å². The Morgan fingerprint density at radius 1 is 1.24 bits per heavy atom. The predicted octanol–water partition coefficient (Wildman–Crippen LogP) is 3.13. The van der Waals surface area contributed by atoms with Crippen LogP contribution in [0, 0.1) is 0 Å². The van der Waals surface area contributed by atoms with Gasteiger partial charge in [0.2, 0.25) is 5.65 Å². The third-order valence-corrected chi connectivity index (χ3v) is 3.12. The molecular formula is C16H18N4O. The molecule has 0 fully saturated rings. The molecule has 2 aromatic heterocycles. The number of hydrogen-bond acceptors (Lipinski definition) is 4. The van der Waals surface area contributed by atoms with Gasteiger partial charge in [-0.1, -0.05) is 37.3 Å². The van der Waals surface area contributed by atoms with Gasteiger partial charge in [0.1, 0.15) is 12.4 Å². The zero-order valence-corrected chi connectivity index (χ0v) is 12.0. The normalized spacial score (nSPS) is 10.7. The molecule has 0 spiro atoms. The summed E-state index contributed by atoms with van der Waals surface area (Å²) in [7, 11) is 0. The van der Waals surface area contributed by atoms with E-state index in [9.17, 15) is 0 Å². The molecule has 3 rings (SSSR count). The van der Waals surface area contributed by atoms with Crippen molar-refractivity contribution in [1.29, 1.82) is 0 Å². The summed E-state index contributed by atoms with van der Waals surface area (Å²) in [5.74, 6) is 1.34. The van der Waals surface area contributed by atoms with Crippen molar-refractivity contribution in [3.05, 3.63) is 54.5 Å². The molecule has 1 N–H and O–H groups in total. The van der Waals surface area contributed by atoms with Crippen molar-refractivity contribution in [3.63, 3.8) is 0 Å². The minimum absolute atomic E-state index is 0.480. The maximum absolute atomic E-state index is 5.85. The molecule has 0 unspecified atom stereocenters. The van der Waals surface area contributed by atoms with Gasteiger partial charge in [-0.25, -0.2) is 4.98 Å². The summed E-state index contributed by atoms with van der Waals surface area (Å²) in [6, 6.07) is 10.0. The Kier molecular flexibility index (Phi) is 4.00. The van der Waals surface area contributed by atoms with E-state index >= 15 is 0 Å². The predicted molar refractivity (Wildman–Crippen MR) is 82.5 cm³/mol. The Labute approximate surface area is 123 Å². The van der Waals surface area contributed by atoms with Crippen LogP contribution in [-0.4, -0.2) is 20.9 Å². The zero-order chi connectivity index (χ0) is 14.5. The number of rotatable bonds is 6. The van der Waals surface area contributed by atoms with Crippen molar-refractivity contribution in [1.82, 2.24) is 14.4 Å². The second kappa shape index (κ2) is 6.26. The van der Waals surface area contributed by atoms with E-state index in [0.717, 1.165) is 30.0 Å². The van der Waals surface area contributed by atoms with Gasteiger partial charge in [0.05, 0.1) is 6.20 Å². The summed E-state index contributed by atoms with van der Waals surface area (Å²) in [5, 5.41) is 3.28. The van der Waals surface area contributed by atoms with Crippen LogP contribution in [0.15, 0.2) is 48.9 Å². The lowest BCUT2D eigenvalue weighted by atomic mass is 10.2. The number of ether oxygens (including phenoxy) is 1. The van der Waals surface area contributed by atoms with Crippen LogP contribution in [0.25, 0.3) is 5.65 Å². The van der Waals surface area contributed by atoms with Crippen molar-refractivity contribution in [2.45, 2.75) is 20.0 Å². The van der Waals surface area contributed by atoms with Crippen molar-refractivity contribution in [2.75, 3.05) is 11.9 Å². The molecule has 0 bridgehead atoms. The van der Waals surface area contributed by atoms with E-state index < -0.39 is 0 Å². The summed E-state index contributed by atoms with van der Waals surface area (Å²) in [5.41, 5.74) is 1.84. The average Bonchev–Trinajstić information content (AvgIpc) is 3.00. The number of aromatic nitrogens is 3. The topological polar surface area (TPSA) is 51.5 Å². The first kappa shape index (κ1) is 13.4. The molecule has 0 amide bonds. The highest BCUT2D eigenvalue weighted by molar-refractivity contribution is 5.53. The van der Waals surface area contributed by atoms with Gasteiger partial charge in [-0.15, -0.1) is 0 Å². The molecule has 5 nitrogen and oxygen atoms in total. The van der Waals surface area contributed by atoms with E-state index in [2.05, 4.69) is 22.2 Å². The lowest BCUT2D eigenvalue weighted by molar-refractivity contribution is 0.296. The van der Waals surface area contributed by atoms with E-state index in [1.54, 1.807) is 6.20 Å². The summed E-state index contributed by atoms with van der Waals surface area (Å²) >= 11 is 0. The van der Waals surface area contributed by atoms with Crippen molar-refractivity contribution < 1.29 is 4.74 Å². The van der Waals surface area contributed by atoms with E-state index in [1.807, 2.05) is 47.1 Å². The Hall–Kier alpha value is -2.56. The maximum atomic E-state index is 5.85. The van der Waals surface area contributed by atoms with Crippen LogP contribution < -0.4 is 10.1 Å². The molecule has 2 heterocycles. The van der Waals surface area contributed by atoms with Gasteiger partial charge in [0.25, 0.3) is 5.88 Å². The molecule has 0 radical (unpaired) electrons. The minimum atomic E-state index is 0.480. The summed E-state index contributed by atoms with van der Waals surface area (Å²) in [6.45, 7) is 3.48. The van der Waals surface area contributed by atoms with Crippen molar-refractivity contribution in [2.24, 2.45) is 0 Å². The average molecular weight is 282 g/mol. The van der Waals surface area contributed by atoms with Crippen LogP contribution in [0.4, 0.5) is 5.82 Å². The molecule has 0 atom stereocenters. The molecule has 5 heteroatoms. The highest BCUT2D eigenvalue weighted by Gasteiger charge is 2.08. The number of imidazole rings is 1. The molecule has 3 aromatic rings. The molecule has 108 valence electrons. The minimum Gasteiger partial charge on any atom is -0.470 e. The molecule has 0 aliphatic heterocycles. The van der Waals surface area contributed by atoms with Gasteiger partial charge >= 0.3 is 0 Å². The second-order valence-electron chi connectivity index (χ2n) is 4.79. The van der Waals surface area contributed by atoms with Gasteiger partial charge in [-0.05, 0) is 12.0 Å². The van der Waals surface area contributed by atoms with Crippen LogP contribution in [0.3, 0.4) is 0 Å². The van der Waals surface area contributed by atoms with E-state index in [1.165, 1.54) is 0 Å². The van der Waals surface area contributed by atoms with Crippen molar-refractivity contribution in [3.8, 4) is 5.88 Å². The highest BCUT2D eigenvalue weighted by Crippen LogP contribution is 2.19. The van der Waals surface area contributed by atoms with Crippen LogP contribution in [-0.2, 0) is 6.61 Å². The van der Waals surface area contributed by atoms with Gasteiger partial charge < -0.3 is 10.1 Å². The summed E-state index contributed by atoms with van der Waals surface area (Å²) in [6.07, 6.45) is 6.61. The molecule has 0 aliphatic carbocycles. The van der Waals surface area contributed by atoms with E-state index in [0.29, 0.717) is 12.5 Å². The monoisotopic (exact) mass is 282 g/mol. The smallest absolute Gasteiger partial charge is 0.260 e. The quantitative estimate of drug-likeness (QED) is 0.754. The largest absolute Gasteiger partial charge is 0.470 e. The van der Waals surface area contributed by atoms with E-state index in [-0.39, 0.29) is 0 Å². The first-order valence-corrected chi connectivity index (χ1v) is 7.11. The molecule has 0 aliphatic rings. The van der Waals surface area contributed by atoms with Crippen LogP contribution in [0.2, 0.25) is 0 Å². The number of fused-ring (bicyclic) bond motifs is 1. The number of anilines is 1. The Bertz CT molecular complexity index is 709. The first-order valence-electron chi connectivity index (χ1n) is 7.11. The molecule has 0 saturated heterocycles. The number of hydrogen-bond donors (Lipinski definition) is 1. The lowest BCUT2D eigenvalue weighted by Crippen LogP contribution is -2.06. The van der Waals surface area contributed by atoms with Crippen molar-refractivity contribution >= 4 is 11.5 Å². The Morgan fingerprint density at radius 3 is 2.90 bits per heavy atom. The SMILES string of the molecule is CCCNc1cn2ccnc2c(OCc2ccccc2)n1. The molecule has 0 saturated carbocycles. The number of nitrogens with one attached hydrogen (secondary N) is 1. The van der Waals surface area contributed by atoms with Gasteiger partial charge in [-0.3, -0.25) is 4.40 Å². The first-order chi connectivity index (χ1) is 10.4. The fraction of sp³-hybridized carbons (Fsp3) is 0.250. The van der Waals surface area contributed by atoms with Crippen LogP contribution in [0.1, 0.15) is 18.9 Å². The fourth-order valence-corrected chi connectivity index (χ4v) is 2.06. The standard InChI is InChI=1S/C16H18N4O/c1-2-8-17-14-11-20-10-9-18-15(20)16(19-14)21-12-13-6-4-3-5-7-13/h3-7,9-11,17H,2,8,12H2,1H3. The Balaban J connectivity index is 1.83. The highest BCUT2D eigenvalue weighted by atomic mass is 16.5. The van der Waals surface area contributed by atoms with Gasteiger partial charge in [0.15, 0.2) is 0 Å². The Morgan fingerprint density at radius 2 is 2.10 bits per heavy atom. The lowest BCUT2D eigenvalue weighted by Gasteiger charge is -2.10. The fourth-order valence-electron chi connectivity index (χ4n) is 2.06. The molecule has 21 heavy (non-hydrogen) atoms. The molecule has 1 aromatic carbocycles. The summed E-state index contributed by atoms with van der Waals surface area (Å²) in [4.78, 5) is 8.81. The zero-order valence-electron chi connectivity index (χ0n) is 12.0. The van der Waals surface area contributed by atoms with Crippen LogP contribution in [0.5, 0.6) is 5.88 Å². The number of nitrogens with zero attached hydrogens (tertiary/aromatic N) is 3. The van der Waals surface area contributed by atoms with Gasteiger partial charge in [0, 0.05) is 18.9 Å². The maximum Gasteiger partial charge on any atom is 0.260 e. The third-order valence-electron chi connectivity index (χ3n) is 3.12. The van der Waals surface area contributed by atoms with E-state index in [4.69, 9.17) is 4.74 Å². The third kappa shape index (κ3) is 3.13. The second-order valence-corrected chi connectivity index (χ2v) is 4.79. The van der Waals surface area contributed by atoms with Crippen LogP contribution >= 0.6 is 0 Å². The number of benzene rings is 1. The summed E-state index contributed by atoms with van der Waals surface area (Å²) < 4.78 is 7.77. The molecular weight excluding hydrogens is 264 g/mol.